The van der Waals surface area contributed by atoms with E-state index in [1.807, 2.05) is 0 Å². The summed E-state index contributed by atoms with van der Waals surface area (Å²) in [5.41, 5.74) is 6.91. The van der Waals surface area contributed by atoms with Crippen LogP contribution in [0, 0.1) is 0 Å². The van der Waals surface area contributed by atoms with Crippen LogP contribution in [-0.2, 0) is 24.3 Å². The molecule has 110 valence electrons. The van der Waals surface area contributed by atoms with Crippen LogP contribution in [0.4, 0.5) is 0 Å². The number of hydrogen-bond acceptors (Lipinski definition) is 6. The SMILES string of the molecule is CCn1c(CN)nnc1SCc1nc(C(C)(C)C)cs1. The van der Waals surface area contributed by atoms with Crippen LogP contribution in [0.1, 0.15) is 44.2 Å². The first kappa shape index (κ1) is 15.5. The van der Waals surface area contributed by atoms with Gasteiger partial charge in [0.15, 0.2) is 5.16 Å². The van der Waals surface area contributed by atoms with E-state index in [2.05, 4.69) is 47.8 Å². The van der Waals surface area contributed by atoms with E-state index in [4.69, 9.17) is 10.7 Å². The molecular formula is C13H21N5S2. The van der Waals surface area contributed by atoms with Gasteiger partial charge in [-0.1, -0.05) is 32.5 Å². The molecule has 2 aromatic rings. The second-order valence-electron chi connectivity index (χ2n) is 5.51. The fourth-order valence-electron chi connectivity index (χ4n) is 1.74. The molecule has 0 bridgehead atoms. The fraction of sp³-hybridized carbons (Fsp3) is 0.615. The van der Waals surface area contributed by atoms with Crippen LogP contribution in [0.5, 0.6) is 0 Å². The smallest absolute Gasteiger partial charge is 0.191 e. The Kier molecular flexibility index (Phi) is 4.82. The van der Waals surface area contributed by atoms with Gasteiger partial charge in [-0.2, -0.15) is 0 Å². The van der Waals surface area contributed by atoms with Gasteiger partial charge < -0.3 is 10.3 Å². The Balaban J connectivity index is 2.05. The van der Waals surface area contributed by atoms with Crippen molar-refractivity contribution in [3.05, 3.63) is 21.9 Å². The highest BCUT2D eigenvalue weighted by Crippen LogP contribution is 2.28. The van der Waals surface area contributed by atoms with Crippen molar-refractivity contribution in [3.63, 3.8) is 0 Å². The van der Waals surface area contributed by atoms with Crippen molar-refractivity contribution in [1.82, 2.24) is 19.7 Å². The van der Waals surface area contributed by atoms with E-state index in [-0.39, 0.29) is 5.41 Å². The molecule has 0 aliphatic carbocycles. The molecule has 0 amide bonds. The highest BCUT2D eigenvalue weighted by atomic mass is 32.2. The predicted octanol–water partition coefficient (Wildman–Crippen LogP) is 2.80. The molecule has 0 fully saturated rings. The van der Waals surface area contributed by atoms with Gasteiger partial charge in [0.25, 0.3) is 0 Å². The molecular weight excluding hydrogens is 290 g/mol. The van der Waals surface area contributed by atoms with Gasteiger partial charge in [0.05, 0.1) is 18.0 Å². The molecule has 7 heteroatoms. The topological polar surface area (TPSA) is 69.6 Å². The van der Waals surface area contributed by atoms with Gasteiger partial charge in [-0.05, 0) is 6.92 Å². The Morgan fingerprint density at radius 1 is 1.35 bits per heavy atom. The summed E-state index contributed by atoms with van der Waals surface area (Å²) >= 11 is 3.37. The Labute approximate surface area is 128 Å². The number of thioether (sulfide) groups is 1. The summed E-state index contributed by atoms with van der Waals surface area (Å²) in [4.78, 5) is 4.69. The zero-order valence-corrected chi connectivity index (χ0v) is 14.0. The molecule has 0 atom stereocenters. The number of hydrogen-bond donors (Lipinski definition) is 1. The summed E-state index contributed by atoms with van der Waals surface area (Å²) in [6.45, 7) is 9.88. The Bertz CT molecular complexity index is 568. The second-order valence-corrected chi connectivity index (χ2v) is 7.40. The maximum absolute atomic E-state index is 5.66. The van der Waals surface area contributed by atoms with Gasteiger partial charge in [0.1, 0.15) is 10.8 Å². The Hall–Kier alpha value is -0.920. The van der Waals surface area contributed by atoms with Crippen LogP contribution in [0.25, 0.3) is 0 Å². The molecule has 0 unspecified atom stereocenters. The number of rotatable bonds is 5. The van der Waals surface area contributed by atoms with E-state index in [9.17, 15) is 0 Å². The summed E-state index contributed by atoms with van der Waals surface area (Å²) in [6.07, 6.45) is 0. The number of aromatic nitrogens is 4. The van der Waals surface area contributed by atoms with E-state index in [0.29, 0.717) is 6.54 Å². The van der Waals surface area contributed by atoms with Crippen LogP contribution in [0.2, 0.25) is 0 Å². The van der Waals surface area contributed by atoms with Crippen molar-refractivity contribution >= 4 is 23.1 Å². The number of thiazole rings is 1. The molecule has 0 spiro atoms. The third-order valence-corrected chi connectivity index (χ3v) is 4.95. The highest BCUT2D eigenvalue weighted by molar-refractivity contribution is 7.98. The summed E-state index contributed by atoms with van der Waals surface area (Å²) in [5.74, 6) is 1.66. The van der Waals surface area contributed by atoms with E-state index >= 15 is 0 Å². The minimum absolute atomic E-state index is 0.107. The lowest BCUT2D eigenvalue weighted by Crippen LogP contribution is -2.11. The molecule has 2 N–H and O–H groups in total. The molecule has 0 saturated heterocycles. The van der Waals surface area contributed by atoms with Crippen molar-refractivity contribution in [2.45, 2.75) is 57.1 Å². The third-order valence-electron chi connectivity index (χ3n) is 2.94. The van der Waals surface area contributed by atoms with Crippen LogP contribution in [0.15, 0.2) is 10.5 Å². The van der Waals surface area contributed by atoms with E-state index < -0.39 is 0 Å². The molecule has 2 rings (SSSR count). The lowest BCUT2D eigenvalue weighted by Gasteiger charge is -2.14. The largest absolute Gasteiger partial charge is 0.324 e. The molecule has 0 radical (unpaired) electrons. The fourth-order valence-corrected chi connectivity index (χ4v) is 3.80. The summed E-state index contributed by atoms with van der Waals surface area (Å²) in [5, 5.41) is 12.5. The number of nitrogens with two attached hydrogens (primary N) is 1. The molecule has 2 aromatic heterocycles. The van der Waals surface area contributed by atoms with Crippen LogP contribution >= 0.6 is 23.1 Å². The van der Waals surface area contributed by atoms with Gasteiger partial charge in [-0.15, -0.1) is 21.5 Å². The summed E-state index contributed by atoms with van der Waals surface area (Å²) in [7, 11) is 0. The molecule has 5 nitrogen and oxygen atoms in total. The zero-order chi connectivity index (χ0) is 14.8. The Morgan fingerprint density at radius 2 is 2.10 bits per heavy atom. The molecule has 0 aromatic carbocycles. The summed E-state index contributed by atoms with van der Waals surface area (Å²) in [6, 6.07) is 0. The van der Waals surface area contributed by atoms with Crippen molar-refractivity contribution in [2.24, 2.45) is 5.73 Å². The maximum Gasteiger partial charge on any atom is 0.191 e. The van der Waals surface area contributed by atoms with Gasteiger partial charge in [-0.3, -0.25) is 0 Å². The van der Waals surface area contributed by atoms with Crippen molar-refractivity contribution in [3.8, 4) is 0 Å². The first-order valence-electron chi connectivity index (χ1n) is 6.65. The van der Waals surface area contributed by atoms with Crippen molar-refractivity contribution in [2.75, 3.05) is 0 Å². The molecule has 0 aliphatic rings. The van der Waals surface area contributed by atoms with Crippen LogP contribution in [0.3, 0.4) is 0 Å². The lowest BCUT2D eigenvalue weighted by molar-refractivity contribution is 0.571. The minimum atomic E-state index is 0.107. The van der Waals surface area contributed by atoms with Crippen LogP contribution < -0.4 is 5.73 Å². The number of nitrogens with zero attached hydrogens (tertiary/aromatic N) is 4. The Morgan fingerprint density at radius 3 is 2.65 bits per heavy atom. The minimum Gasteiger partial charge on any atom is -0.324 e. The van der Waals surface area contributed by atoms with Gasteiger partial charge in [0.2, 0.25) is 0 Å². The molecule has 20 heavy (non-hydrogen) atoms. The highest BCUT2D eigenvalue weighted by Gasteiger charge is 2.18. The standard InChI is InChI=1S/C13H21N5S2/c1-5-18-10(6-14)16-17-12(18)20-8-11-15-9(7-19-11)13(2,3)4/h7H,5-6,8,14H2,1-4H3. The first-order valence-corrected chi connectivity index (χ1v) is 8.52. The van der Waals surface area contributed by atoms with Gasteiger partial charge >= 0.3 is 0 Å². The van der Waals surface area contributed by atoms with Crippen molar-refractivity contribution < 1.29 is 0 Å². The quantitative estimate of drug-likeness (QED) is 0.860. The monoisotopic (exact) mass is 311 g/mol. The average Bonchev–Trinajstić information content (AvgIpc) is 3.01. The van der Waals surface area contributed by atoms with E-state index in [0.717, 1.165) is 34.0 Å². The molecule has 0 aliphatic heterocycles. The second kappa shape index (κ2) is 6.24. The van der Waals surface area contributed by atoms with E-state index in [1.165, 1.54) is 0 Å². The third kappa shape index (κ3) is 3.39. The molecule has 0 saturated carbocycles. The van der Waals surface area contributed by atoms with Gasteiger partial charge in [0, 0.05) is 17.3 Å². The summed E-state index contributed by atoms with van der Waals surface area (Å²) < 4.78 is 2.06. The van der Waals surface area contributed by atoms with Gasteiger partial charge in [-0.25, -0.2) is 4.98 Å². The van der Waals surface area contributed by atoms with Crippen molar-refractivity contribution in [1.29, 1.82) is 0 Å². The molecule has 2 heterocycles. The lowest BCUT2D eigenvalue weighted by atomic mass is 9.93. The van der Waals surface area contributed by atoms with Crippen LogP contribution in [-0.4, -0.2) is 19.7 Å². The predicted molar refractivity (Wildman–Crippen MR) is 84.0 cm³/mol. The van der Waals surface area contributed by atoms with E-state index in [1.54, 1.807) is 23.1 Å². The zero-order valence-electron chi connectivity index (χ0n) is 12.4. The normalized spacial score (nSPS) is 12.1. The first-order chi connectivity index (χ1) is 9.45. The average molecular weight is 311 g/mol. The maximum atomic E-state index is 5.66.